The molecular weight excluding hydrogens is 631 g/mol. The highest BCUT2D eigenvalue weighted by molar-refractivity contribution is 8.15. The molecule has 0 spiro atoms. The average Bonchev–Trinajstić information content (AvgIpc) is 3.43. The first-order chi connectivity index (χ1) is 24.1. The zero-order valence-corrected chi connectivity index (χ0v) is 27.4. The summed E-state index contributed by atoms with van der Waals surface area (Å²) in [6, 6.07) is 46.9. The van der Waals surface area contributed by atoms with Gasteiger partial charge in [0.1, 0.15) is 17.9 Å². The number of benzene rings is 5. The number of hydrogen-bond acceptors (Lipinski definition) is 7. The summed E-state index contributed by atoms with van der Waals surface area (Å²) in [4.78, 5) is 39.6. The Bertz CT molecular complexity index is 1980. The van der Waals surface area contributed by atoms with E-state index in [-0.39, 0.29) is 17.8 Å². The number of hydrogen-bond donors (Lipinski definition) is 0. The van der Waals surface area contributed by atoms with Crippen molar-refractivity contribution in [3.05, 3.63) is 180 Å². The van der Waals surface area contributed by atoms with Crippen molar-refractivity contribution in [2.75, 3.05) is 13.2 Å². The van der Waals surface area contributed by atoms with E-state index in [1.54, 1.807) is 12.4 Å². The highest BCUT2D eigenvalue weighted by Crippen LogP contribution is 2.47. The normalized spacial score (nSPS) is 14.9. The molecule has 242 valence electrons. The van der Waals surface area contributed by atoms with Crippen LogP contribution in [0.15, 0.2) is 157 Å². The molecule has 1 unspecified atom stereocenters. The van der Waals surface area contributed by atoms with Crippen molar-refractivity contribution < 1.29 is 19.2 Å². The molecule has 0 saturated carbocycles. The van der Waals surface area contributed by atoms with Crippen molar-refractivity contribution in [2.24, 2.45) is 5.16 Å². The van der Waals surface area contributed by atoms with Crippen LogP contribution >= 0.6 is 11.8 Å². The van der Waals surface area contributed by atoms with Gasteiger partial charge in [-0.2, -0.15) is 0 Å². The highest BCUT2D eigenvalue weighted by Gasteiger charge is 2.53. The predicted molar refractivity (Wildman–Crippen MR) is 194 cm³/mol. The summed E-state index contributed by atoms with van der Waals surface area (Å²) < 4.78 is 5.84. The fourth-order valence-corrected chi connectivity index (χ4v) is 7.32. The number of rotatable bonds is 12. The fourth-order valence-electron chi connectivity index (χ4n) is 6.26. The van der Waals surface area contributed by atoms with Gasteiger partial charge in [-0.1, -0.05) is 138 Å². The largest absolute Gasteiger partial charge is 0.490 e. The van der Waals surface area contributed by atoms with E-state index in [4.69, 9.17) is 9.57 Å². The van der Waals surface area contributed by atoms with Crippen molar-refractivity contribution in [3.63, 3.8) is 0 Å². The lowest BCUT2D eigenvalue weighted by Gasteiger charge is -2.42. The van der Waals surface area contributed by atoms with Crippen LogP contribution in [0.5, 0.6) is 5.75 Å². The number of nitrogens with zero attached hydrogens (tertiary/aromatic N) is 3. The summed E-state index contributed by atoms with van der Waals surface area (Å²) in [5, 5.41) is 4.23. The van der Waals surface area contributed by atoms with Crippen LogP contribution in [0.25, 0.3) is 10.9 Å². The SMILES string of the molecule is O=C1SC(Cc2ccc(OCCO/N=C/c3cnc4ccccc4c3)cc2)C(=O)N1C(c1ccccc1)(c1ccccc1)c1ccccc1. The second-order valence-corrected chi connectivity index (χ2v) is 12.7. The molecule has 1 aromatic heterocycles. The Balaban J connectivity index is 1.02. The number of imide groups is 1. The molecule has 1 aliphatic heterocycles. The predicted octanol–water partition coefficient (Wildman–Crippen LogP) is 8.26. The maximum Gasteiger partial charge on any atom is 0.290 e. The maximum atomic E-state index is 14.4. The van der Waals surface area contributed by atoms with Gasteiger partial charge in [-0.05, 0) is 52.9 Å². The van der Waals surface area contributed by atoms with Crippen molar-refractivity contribution in [2.45, 2.75) is 17.2 Å². The van der Waals surface area contributed by atoms with Gasteiger partial charge in [0.2, 0.25) is 5.91 Å². The van der Waals surface area contributed by atoms with Gasteiger partial charge in [0.25, 0.3) is 5.24 Å². The molecule has 0 radical (unpaired) electrons. The summed E-state index contributed by atoms with van der Waals surface area (Å²) in [5.74, 6) is 0.457. The van der Waals surface area contributed by atoms with E-state index in [0.29, 0.717) is 18.8 Å². The van der Waals surface area contributed by atoms with Crippen LogP contribution in [0, 0.1) is 0 Å². The van der Waals surface area contributed by atoms with Gasteiger partial charge in [-0.25, -0.2) is 0 Å². The van der Waals surface area contributed by atoms with E-state index in [9.17, 15) is 9.59 Å². The van der Waals surface area contributed by atoms with E-state index in [1.165, 1.54) is 4.90 Å². The third kappa shape index (κ3) is 6.68. The lowest BCUT2D eigenvalue weighted by atomic mass is 9.75. The molecule has 7 rings (SSSR count). The Labute approximate surface area is 289 Å². The van der Waals surface area contributed by atoms with Crippen LogP contribution in [0.2, 0.25) is 0 Å². The summed E-state index contributed by atoms with van der Waals surface area (Å²) in [6.45, 7) is 0.587. The number of ether oxygens (including phenoxy) is 1. The highest BCUT2D eigenvalue weighted by atomic mass is 32.2. The van der Waals surface area contributed by atoms with E-state index in [1.807, 2.05) is 146 Å². The van der Waals surface area contributed by atoms with Gasteiger partial charge < -0.3 is 9.57 Å². The molecule has 8 heteroatoms. The minimum Gasteiger partial charge on any atom is -0.490 e. The molecule has 1 atom stereocenters. The molecule has 6 aromatic rings. The molecule has 0 N–H and O–H groups in total. The van der Waals surface area contributed by atoms with Gasteiger partial charge in [0.15, 0.2) is 6.61 Å². The van der Waals surface area contributed by atoms with Crippen LogP contribution in [0.4, 0.5) is 4.79 Å². The number of carbonyl (C=O) groups is 2. The first-order valence-electron chi connectivity index (χ1n) is 16.1. The second kappa shape index (κ2) is 14.6. The lowest BCUT2D eigenvalue weighted by molar-refractivity contribution is -0.129. The third-order valence-corrected chi connectivity index (χ3v) is 9.54. The first-order valence-corrected chi connectivity index (χ1v) is 16.9. The first kappa shape index (κ1) is 31.8. The molecule has 1 aliphatic rings. The molecule has 0 aliphatic carbocycles. The van der Waals surface area contributed by atoms with Gasteiger partial charge in [0, 0.05) is 17.1 Å². The fraction of sp³-hybridized carbons (Fsp3) is 0.122. The van der Waals surface area contributed by atoms with E-state index in [2.05, 4.69) is 10.1 Å². The van der Waals surface area contributed by atoms with Crippen molar-refractivity contribution in [1.82, 2.24) is 9.88 Å². The van der Waals surface area contributed by atoms with Crippen molar-refractivity contribution in [3.8, 4) is 5.75 Å². The number of thioether (sulfide) groups is 1. The topological polar surface area (TPSA) is 81.1 Å². The molecule has 2 amide bonds. The number of para-hydroxylation sites is 1. The Morgan fingerprint density at radius 1 is 0.735 bits per heavy atom. The summed E-state index contributed by atoms with van der Waals surface area (Å²) in [7, 11) is 0. The molecule has 49 heavy (non-hydrogen) atoms. The molecule has 1 fully saturated rings. The number of carbonyl (C=O) groups excluding carboxylic acids is 2. The van der Waals surface area contributed by atoms with Crippen molar-refractivity contribution >= 4 is 40.0 Å². The molecule has 2 heterocycles. The number of pyridine rings is 1. The third-order valence-electron chi connectivity index (χ3n) is 8.51. The van der Waals surface area contributed by atoms with E-state index < -0.39 is 10.8 Å². The van der Waals surface area contributed by atoms with Crippen molar-refractivity contribution in [1.29, 1.82) is 0 Å². The van der Waals surface area contributed by atoms with Crippen LogP contribution in [-0.4, -0.2) is 45.7 Å². The molecule has 0 bridgehead atoms. The number of amides is 2. The quantitative estimate of drug-likeness (QED) is 0.0568. The zero-order chi connectivity index (χ0) is 33.5. The minimum atomic E-state index is -1.13. The van der Waals surface area contributed by atoms with Gasteiger partial charge >= 0.3 is 0 Å². The Hall–Kier alpha value is -5.73. The van der Waals surface area contributed by atoms with Crippen LogP contribution in [-0.2, 0) is 21.6 Å². The van der Waals surface area contributed by atoms with Gasteiger partial charge in [0.05, 0.1) is 17.0 Å². The van der Waals surface area contributed by atoms with E-state index >= 15 is 0 Å². The maximum absolute atomic E-state index is 14.4. The summed E-state index contributed by atoms with van der Waals surface area (Å²) >= 11 is 1.08. The summed E-state index contributed by atoms with van der Waals surface area (Å²) in [6.07, 6.45) is 3.79. The number of fused-ring (bicyclic) bond motifs is 1. The lowest BCUT2D eigenvalue weighted by Crippen LogP contribution is -2.51. The monoisotopic (exact) mass is 663 g/mol. The molecule has 5 aromatic carbocycles. The zero-order valence-electron chi connectivity index (χ0n) is 26.6. The molecular formula is C41H33N3O4S. The Kier molecular flexibility index (Phi) is 9.48. The van der Waals surface area contributed by atoms with Crippen LogP contribution in [0.3, 0.4) is 0 Å². The summed E-state index contributed by atoms with van der Waals surface area (Å²) in [5.41, 5.74) is 4.12. The average molecular weight is 664 g/mol. The minimum absolute atomic E-state index is 0.218. The van der Waals surface area contributed by atoms with E-state index in [0.717, 1.165) is 50.5 Å². The number of oxime groups is 1. The Morgan fingerprint density at radius 2 is 1.33 bits per heavy atom. The Morgan fingerprint density at radius 3 is 1.96 bits per heavy atom. The second-order valence-electron chi connectivity index (χ2n) is 11.6. The van der Waals surface area contributed by atoms with Gasteiger partial charge in [-0.15, -0.1) is 0 Å². The van der Waals surface area contributed by atoms with Crippen LogP contribution in [0.1, 0.15) is 27.8 Å². The standard InChI is InChI=1S/C41H33N3O4S/c45-39-38(27-30-20-22-36(23-21-30)47-24-25-48-43-29-31-26-32-12-10-11-19-37(32)42-28-31)49-40(46)44(39)41(33-13-4-1-5-14-33,34-15-6-2-7-16-34)35-17-8-3-9-18-35/h1-23,26,28-29,38H,24-25,27H2/b43-29+. The molecule has 1 saturated heterocycles. The number of aromatic nitrogens is 1. The smallest absolute Gasteiger partial charge is 0.290 e. The molecule has 7 nitrogen and oxygen atoms in total. The van der Waals surface area contributed by atoms with Crippen LogP contribution < -0.4 is 4.74 Å². The van der Waals surface area contributed by atoms with Gasteiger partial charge in [-0.3, -0.25) is 19.5 Å².